The van der Waals surface area contributed by atoms with Crippen molar-refractivity contribution in [3.05, 3.63) is 12.2 Å². The number of carboxylic acids is 1. The van der Waals surface area contributed by atoms with Crippen molar-refractivity contribution in [2.24, 2.45) is 0 Å². The quantitative estimate of drug-likeness (QED) is 0.496. The Balaban J connectivity index is 0. The average Bonchev–Trinajstić information content (AvgIpc) is 2.32. The molecule has 0 unspecified atom stereocenters. The molecule has 0 aliphatic heterocycles. The summed E-state index contributed by atoms with van der Waals surface area (Å²) in [6.07, 6.45) is 0. The lowest BCUT2D eigenvalue weighted by Gasteiger charge is -2.22. The van der Waals surface area contributed by atoms with Crippen LogP contribution in [0.4, 0.5) is 0 Å². The lowest BCUT2D eigenvalue weighted by Crippen LogP contribution is -2.47. The molecular formula is C9H20O7Si. The van der Waals surface area contributed by atoms with E-state index in [0.29, 0.717) is 0 Å². The Bertz CT molecular complexity index is 207. The summed E-state index contributed by atoms with van der Waals surface area (Å²) in [5, 5.41) is 16.3. The van der Waals surface area contributed by atoms with Gasteiger partial charge in [-0.05, 0) is 6.92 Å². The van der Waals surface area contributed by atoms with Crippen molar-refractivity contribution in [3.8, 4) is 0 Å². The summed E-state index contributed by atoms with van der Waals surface area (Å²) in [7, 11) is 1.42. The monoisotopic (exact) mass is 268 g/mol. The van der Waals surface area contributed by atoms with Crippen molar-refractivity contribution in [1.29, 1.82) is 0 Å². The van der Waals surface area contributed by atoms with Gasteiger partial charge in [-0.2, -0.15) is 0 Å². The normalized spacial score (nSPS) is 10.4. The number of aliphatic hydroxyl groups excluding tert-OH is 1. The highest BCUT2D eigenvalue weighted by Gasteiger charge is 2.41. The van der Waals surface area contributed by atoms with Gasteiger partial charge in [0, 0.05) is 26.9 Å². The van der Waals surface area contributed by atoms with Crippen LogP contribution in [0.2, 0.25) is 0 Å². The van der Waals surface area contributed by atoms with Crippen LogP contribution in [0.25, 0.3) is 0 Å². The third-order valence-electron chi connectivity index (χ3n) is 1.49. The maximum atomic E-state index is 9.60. The van der Waals surface area contributed by atoms with Gasteiger partial charge in [-0.25, -0.2) is 4.79 Å². The molecule has 0 amide bonds. The Morgan fingerprint density at radius 3 is 1.76 bits per heavy atom. The first kappa shape index (κ1) is 18.6. The maximum absolute atomic E-state index is 9.60. The summed E-state index contributed by atoms with van der Waals surface area (Å²) in [5.74, 6) is -0.935. The number of aliphatic hydroxyl groups is 1. The standard InChI is InChI=1S/C5H14O5Si.C4H6O2/c1-7-11(8-2,9-3)10-5-4-6;1-3(2)4(5)6/h6H,4-5H2,1-3H3;1H2,2H3,(H,5,6). The van der Waals surface area contributed by atoms with Crippen LogP contribution in [-0.4, -0.2) is 59.8 Å². The van der Waals surface area contributed by atoms with Crippen LogP contribution in [-0.2, 0) is 22.5 Å². The first-order valence-corrected chi connectivity index (χ1v) is 6.31. The number of rotatable bonds is 7. The molecule has 0 aromatic rings. The van der Waals surface area contributed by atoms with Crippen LogP contribution < -0.4 is 0 Å². The zero-order chi connectivity index (χ0) is 13.9. The van der Waals surface area contributed by atoms with Crippen molar-refractivity contribution < 1.29 is 32.7 Å². The van der Waals surface area contributed by atoms with Gasteiger partial charge in [0.2, 0.25) is 0 Å². The molecule has 0 fully saturated rings. The highest BCUT2D eigenvalue weighted by Crippen LogP contribution is 2.06. The summed E-state index contributed by atoms with van der Waals surface area (Å²) in [6.45, 7) is 4.68. The molecule has 8 heteroatoms. The first-order valence-electron chi connectivity index (χ1n) is 4.68. The molecule has 0 aromatic heterocycles. The van der Waals surface area contributed by atoms with Crippen molar-refractivity contribution in [2.75, 3.05) is 34.5 Å². The molecular weight excluding hydrogens is 248 g/mol. The molecule has 0 saturated carbocycles. The summed E-state index contributed by atoms with van der Waals surface area (Å²) < 4.78 is 19.7. The molecule has 0 aliphatic carbocycles. The van der Waals surface area contributed by atoms with E-state index in [1.807, 2.05) is 0 Å². The molecule has 102 valence electrons. The lowest BCUT2D eigenvalue weighted by atomic mass is 10.4. The zero-order valence-corrected chi connectivity index (χ0v) is 11.6. The van der Waals surface area contributed by atoms with E-state index in [4.69, 9.17) is 27.9 Å². The number of hydrogen-bond acceptors (Lipinski definition) is 6. The average molecular weight is 268 g/mol. The van der Waals surface area contributed by atoms with Gasteiger partial charge in [-0.15, -0.1) is 0 Å². The Morgan fingerprint density at radius 2 is 1.59 bits per heavy atom. The van der Waals surface area contributed by atoms with Gasteiger partial charge in [0.1, 0.15) is 0 Å². The molecule has 7 nitrogen and oxygen atoms in total. The molecule has 0 saturated heterocycles. The zero-order valence-electron chi connectivity index (χ0n) is 10.6. The van der Waals surface area contributed by atoms with Gasteiger partial charge >= 0.3 is 15.0 Å². The first-order chi connectivity index (χ1) is 7.89. The highest BCUT2D eigenvalue weighted by atomic mass is 28.4. The topological polar surface area (TPSA) is 94.5 Å². The number of hydrogen-bond donors (Lipinski definition) is 2. The van der Waals surface area contributed by atoms with Crippen molar-refractivity contribution in [1.82, 2.24) is 0 Å². The highest BCUT2D eigenvalue weighted by molar-refractivity contribution is 6.53. The Morgan fingerprint density at radius 1 is 1.24 bits per heavy atom. The molecule has 17 heavy (non-hydrogen) atoms. The van der Waals surface area contributed by atoms with Gasteiger partial charge < -0.3 is 27.9 Å². The largest absolute Gasteiger partial charge is 0.678 e. The lowest BCUT2D eigenvalue weighted by molar-refractivity contribution is -0.132. The van der Waals surface area contributed by atoms with Crippen molar-refractivity contribution in [3.63, 3.8) is 0 Å². The molecule has 0 radical (unpaired) electrons. The number of carboxylic acid groups (broad SMARTS) is 1. The third-order valence-corrected chi connectivity index (χ3v) is 3.54. The van der Waals surface area contributed by atoms with Crippen LogP contribution in [0.5, 0.6) is 0 Å². The van der Waals surface area contributed by atoms with Crippen LogP contribution in [0, 0.1) is 0 Å². The minimum atomic E-state index is -2.90. The fourth-order valence-electron chi connectivity index (χ4n) is 0.597. The molecule has 0 aliphatic rings. The Kier molecular flexibility index (Phi) is 11.4. The van der Waals surface area contributed by atoms with E-state index in [1.165, 1.54) is 28.3 Å². The predicted molar refractivity (Wildman–Crippen MR) is 62.3 cm³/mol. The molecule has 2 N–H and O–H groups in total. The minimum absolute atomic E-state index is 0.0785. The smallest absolute Gasteiger partial charge is 0.478 e. The Labute approximate surface area is 102 Å². The molecule has 0 spiro atoms. The van der Waals surface area contributed by atoms with Gasteiger partial charge in [0.25, 0.3) is 0 Å². The fourth-order valence-corrected chi connectivity index (χ4v) is 1.79. The van der Waals surface area contributed by atoms with Gasteiger partial charge in [0.15, 0.2) is 0 Å². The van der Waals surface area contributed by atoms with Crippen molar-refractivity contribution in [2.45, 2.75) is 6.92 Å². The fraction of sp³-hybridized carbons (Fsp3) is 0.667. The minimum Gasteiger partial charge on any atom is -0.478 e. The van der Waals surface area contributed by atoms with E-state index in [-0.39, 0.29) is 18.8 Å². The van der Waals surface area contributed by atoms with E-state index in [1.54, 1.807) is 0 Å². The van der Waals surface area contributed by atoms with Crippen molar-refractivity contribution >= 4 is 15.0 Å². The van der Waals surface area contributed by atoms with E-state index in [2.05, 4.69) is 6.58 Å². The van der Waals surface area contributed by atoms with Crippen LogP contribution >= 0.6 is 0 Å². The molecule has 0 rings (SSSR count). The van der Waals surface area contributed by atoms with E-state index in [9.17, 15) is 4.79 Å². The maximum Gasteiger partial charge on any atom is 0.678 e. The molecule has 0 atom stereocenters. The summed E-state index contributed by atoms with van der Waals surface area (Å²) >= 11 is 0. The second-order valence-corrected chi connectivity index (χ2v) is 5.28. The van der Waals surface area contributed by atoms with E-state index >= 15 is 0 Å². The van der Waals surface area contributed by atoms with E-state index in [0.717, 1.165) is 0 Å². The van der Waals surface area contributed by atoms with Crippen LogP contribution in [0.15, 0.2) is 12.2 Å². The number of carbonyl (C=O) groups is 1. The van der Waals surface area contributed by atoms with Gasteiger partial charge in [0.05, 0.1) is 13.2 Å². The Hall–Kier alpha value is -0.773. The summed E-state index contributed by atoms with van der Waals surface area (Å²) in [4.78, 5) is 9.60. The molecule has 0 bridgehead atoms. The third kappa shape index (κ3) is 8.98. The van der Waals surface area contributed by atoms with Crippen LogP contribution in [0.3, 0.4) is 0 Å². The summed E-state index contributed by atoms with van der Waals surface area (Å²) in [5.41, 5.74) is 0.176. The van der Waals surface area contributed by atoms with E-state index < -0.39 is 15.0 Å². The second kappa shape index (κ2) is 10.4. The summed E-state index contributed by atoms with van der Waals surface area (Å²) in [6, 6.07) is 0. The number of aliphatic carboxylic acids is 1. The second-order valence-electron chi connectivity index (χ2n) is 2.77. The van der Waals surface area contributed by atoms with Crippen LogP contribution in [0.1, 0.15) is 6.92 Å². The van der Waals surface area contributed by atoms with Gasteiger partial charge in [-0.3, -0.25) is 0 Å². The SMILES string of the molecule is C=C(C)C(=O)O.CO[Si](OC)(OC)OCCO. The predicted octanol–water partition coefficient (Wildman–Crippen LogP) is 0.0172. The van der Waals surface area contributed by atoms with Gasteiger partial charge in [-0.1, -0.05) is 6.58 Å². The molecule has 0 heterocycles. The molecule has 0 aromatic carbocycles.